The summed E-state index contributed by atoms with van der Waals surface area (Å²) in [5.41, 5.74) is 4.17. The third-order valence-corrected chi connectivity index (χ3v) is 6.64. The van der Waals surface area contributed by atoms with Gasteiger partial charge in [0.05, 0.1) is 28.8 Å². The molecule has 4 heterocycles. The van der Waals surface area contributed by atoms with Crippen LogP contribution in [0.15, 0.2) is 12.1 Å². The van der Waals surface area contributed by atoms with Gasteiger partial charge in [0.1, 0.15) is 5.82 Å². The van der Waals surface area contributed by atoms with Crippen LogP contribution in [0.1, 0.15) is 57.6 Å². The van der Waals surface area contributed by atoms with Gasteiger partial charge < -0.3 is 25.4 Å². The second-order valence-corrected chi connectivity index (χ2v) is 9.08. The van der Waals surface area contributed by atoms with Crippen LogP contribution >= 0.6 is 0 Å². The van der Waals surface area contributed by atoms with Crippen LogP contribution in [0.2, 0.25) is 0 Å². The topological polar surface area (TPSA) is 130 Å². The molecule has 3 aromatic rings. The van der Waals surface area contributed by atoms with Crippen molar-refractivity contribution in [3.05, 3.63) is 35.0 Å². The maximum Gasteiger partial charge on any atom is 0.273 e. The number of carbonyl (C=O) groups excluding carboxylic acids is 2. The number of imidazole rings is 1. The Kier molecular flexibility index (Phi) is 4.59. The highest BCUT2D eigenvalue weighted by Crippen LogP contribution is 2.47. The zero-order valence-electron chi connectivity index (χ0n) is 23.2. The minimum absolute atomic E-state index is 0.0314. The van der Waals surface area contributed by atoms with Crippen molar-refractivity contribution >= 4 is 34.8 Å². The van der Waals surface area contributed by atoms with Crippen LogP contribution in [0.4, 0.5) is 23.0 Å². The minimum Gasteiger partial charge on any atom is -0.363 e. The minimum atomic E-state index is -2.72. The van der Waals surface area contributed by atoms with E-state index < -0.39 is 12.9 Å². The van der Waals surface area contributed by atoms with Gasteiger partial charge in [0.15, 0.2) is 17.3 Å². The van der Waals surface area contributed by atoms with Crippen molar-refractivity contribution < 1.29 is 13.7 Å². The maximum atomic E-state index is 12.9. The van der Waals surface area contributed by atoms with Gasteiger partial charge in [-0.3, -0.25) is 9.59 Å². The number of nitrogens with zero attached hydrogens (tertiary/aromatic N) is 6. The number of carbonyl (C=O) groups is 2. The van der Waals surface area contributed by atoms with E-state index in [4.69, 9.17) is 14.1 Å². The molecule has 11 heteroatoms. The van der Waals surface area contributed by atoms with E-state index in [0.717, 1.165) is 41.3 Å². The fourth-order valence-corrected chi connectivity index (χ4v) is 4.45. The lowest BCUT2D eigenvalue weighted by Gasteiger charge is -2.35. The maximum absolute atomic E-state index is 12.9. The predicted octanol–water partition coefficient (Wildman–Crippen LogP) is 2.85. The first-order chi connectivity index (χ1) is 17.8. The van der Waals surface area contributed by atoms with Crippen molar-refractivity contribution in [1.29, 1.82) is 0 Å². The number of anilines is 4. The Morgan fingerprint density at radius 1 is 1.14 bits per heavy atom. The van der Waals surface area contributed by atoms with Crippen LogP contribution in [-0.4, -0.2) is 50.6 Å². The van der Waals surface area contributed by atoms with E-state index in [1.807, 2.05) is 39.3 Å². The average molecular weight is 479 g/mol. The first-order valence-corrected chi connectivity index (χ1v) is 11.4. The van der Waals surface area contributed by atoms with E-state index in [1.165, 1.54) is 6.07 Å². The molecule has 3 aromatic heterocycles. The van der Waals surface area contributed by atoms with Crippen LogP contribution in [0, 0.1) is 19.8 Å². The summed E-state index contributed by atoms with van der Waals surface area (Å²) < 4.78 is 24.4. The third-order valence-electron chi connectivity index (χ3n) is 6.64. The molecule has 0 saturated heterocycles. The fourth-order valence-electron chi connectivity index (χ4n) is 4.45. The second kappa shape index (κ2) is 8.33. The molecule has 5 rings (SSSR count). The van der Waals surface area contributed by atoms with E-state index in [1.54, 1.807) is 0 Å². The summed E-state index contributed by atoms with van der Waals surface area (Å²) in [5.74, 6) is 0.265. The third kappa shape index (κ3) is 3.86. The van der Waals surface area contributed by atoms with Crippen LogP contribution in [0.3, 0.4) is 0 Å². The van der Waals surface area contributed by atoms with E-state index in [0.29, 0.717) is 11.5 Å². The van der Waals surface area contributed by atoms with Gasteiger partial charge in [-0.05, 0) is 39.7 Å². The van der Waals surface area contributed by atoms with Gasteiger partial charge in [0, 0.05) is 48.4 Å². The van der Waals surface area contributed by atoms with Crippen LogP contribution in [0.5, 0.6) is 0 Å². The molecule has 0 radical (unpaired) electrons. The van der Waals surface area contributed by atoms with E-state index >= 15 is 0 Å². The molecule has 2 amide bonds. The van der Waals surface area contributed by atoms with Crippen molar-refractivity contribution in [3.8, 4) is 11.3 Å². The Hall–Kier alpha value is -4.02. The summed E-state index contributed by atoms with van der Waals surface area (Å²) in [5, 5.41) is 15.8. The number of nitrogens with one attached hydrogen (secondary N) is 3. The Balaban J connectivity index is 1.61. The van der Waals surface area contributed by atoms with Crippen molar-refractivity contribution in [1.82, 2.24) is 30.0 Å². The molecule has 0 unspecified atom stereocenters. The van der Waals surface area contributed by atoms with Gasteiger partial charge in [-0.15, -0.1) is 10.2 Å². The number of hydrogen-bond donors (Lipinski definition) is 3. The number of fused-ring (bicyclic) bond motifs is 3. The molecule has 1 aliphatic heterocycles. The molecule has 1 saturated carbocycles. The lowest BCUT2D eigenvalue weighted by molar-refractivity contribution is -0.117. The molecule has 11 nitrogen and oxygen atoms in total. The number of aromatic nitrogens is 5. The van der Waals surface area contributed by atoms with Gasteiger partial charge in [-0.1, -0.05) is 0 Å². The molecule has 1 fully saturated rings. The molecule has 1 aliphatic carbocycles. The number of amides is 2. The molecule has 0 aromatic carbocycles. The molecule has 0 bridgehead atoms. The smallest absolute Gasteiger partial charge is 0.273 e. The lowest BCUT2D eigenvalue weighted by atomic mass is 9.97. The molecule has 1 atom stereocenters. The summed E-state index contributed by atoms with van der Waals surface area (Å²) in [4.78, 5) is 36.8. The number of rotatable bonds is 5. The lowest BCUT2D eigenvalue weighted by Crippen LogP contribution is -2.29. The first-order valence-electron chi connectivity index (χ1n) is 12.9. The standard InChI is InChI=1S/C24H29N9O2/c1-11-9-15-18-20(33(6)13(3)27-18)12(2)32(5)21(15)22(26-11)28-16-10-17(29-23(34)14-7-8-14)30-31-19(16)24(35)25-4/h9-10,12,14H,7-8H2,1-6H3,(H,25,35)(H2,26,28,29,30,34)/t12-/m1/s1/i4D3. The number of aryl methyl sites for hydroxylation is 2. The van der Waals surface area contributed by atoms with Crippen molar-refractivity contribution in [2.75, 3.05) is 29.6 Å². The van der Waals surface area contributed by atoms with E-state index in [-0.39, 0.29) is 35.1 Å². The number of hydrogen-bond acceptors (Lipinski definition) is 8. The summed E-state index contributed by atoms with van der Waals surface area (Å²) in [6.45, 7) is 3.15. The molecule has 3 N–H and O–H groups in total. The van der Waals surface area contributed by atoms with Crippen LogP contribution in [-0.2, 0) is 11.8 Å². The number of pyridine rings is 1. The Bertz CT molecular complexity index is 1460. The predicted molar refractivity (Wildman–Crippen MR) is 133 cm³/mol. The zero-order chi connectivity index (χ0) is 27.5. The quantitative estimate of drug-likeness (QED) is 0.510. The monoisotopic (exact) mass is 478 g/mol. The highest BCUT2D eigenvalue weighted by Gasteiger charge is 2.34. The van der Waals surface area contributed by atoms with E-state index in [9.17, 15) is 9.59 Å². The summed E-state index contributed by atoms with van der Waals surface area (Å²) in [6.07, 6.45) is 1.62. The highest BCUT2D eigenvalue weighted by molar-refractivity contribution is 6.00. The normalized spacial score (nSPS) is 18.0. The summed E-state index contributed by atoms with van der Waals surface area (Å²) in [6, 6.07) is 3.39. The summed E-state index contributed by atoms with van der Waals surface area (Å²) in [7, 11) is 3.94. The molecule has 35 heavy (non-hydrogen) atoms. The van der Waals surface area contributed by atoms with Gasteiger partial charge in [0.2, 0.25) is 5.91 Å². The van der Waals surface area contributed by atoms with Crippen molar-refractivity contribution in [2.24, 2.45) is 13.0 Å². The average Bonchev–Trinajstić information content (AvgIpc) is 3.62. The van der Waals surface area contributed by atoms with Crippen LogP contribution in [0.25, 0.3) is 11.3 Å². The van der Waals surface area contributed by atoms with Gasteiger partial charge in [-0.2, -0.15) is 0 Å². The molecular weight excluding hydrogens is 446 g/mol. The van der Waals surface area contributed by atoms with Crippen LogP contribution < -0.4 is 20.9 Å². The first kappa shape index (κ1) is 19.3. The Morgan fingerprint density at radius 2 is 1.91 bits per heavy atom. The molecule has 182 valence electrons. The Labute approximate surface area is 207 Å². The zero-order valence-corrected chi connectivity index (χ0v) is 20.2. The van der Waals surface area contributed by atoms with Gasteiger partial charge in [-0.25, -0.2) is 9.97 Å². The van der Waals surface area contributed by atoms with Gasteiger partial charge in [0.25, 0.3) is 5.91 Å². The van der Waals surface area contributed by atoms with E-state index in [2.05, 4.69) is 37.2 Å². The van der Waals surface area contributed by atoms with Crippen molar-refractivity contribution in [2.45, 2.75) is 39.7 Å². The highest BCUT2D eigenvalue weighted by atomic mass is 16.2. The second-order valence-electron chi connectivity index (χ2n) is 9.08. The summed E-state index contributed by atoms with van der Waals surface area (Å²) >= 11 is 0. The molecular formula is C24H29N9O2. The Morgan fingerprint density at radius 3 is 2.63 bits per heavy atom. The van der Waals surface area contributed by atoms with Gasteiger partial charge >= 0.3 is 0 Å². The molecule has 0 spiro atoms. The SMILES string of the molecule is [2H]C([2H])([2H])NC(=O)c1nnc(NC(=O)C2CC2)cc1Nc1nc(C)cc2c1N(C)[C@H](C)c1c-2nc(C)n1C. The molecule has 2 aliphatic rings. The largest absolute Gasteiger partial charge is 0.363 e. The fraction of sp³-hybridized carbons (Fsp3) is 0.417. The van der Waals surface area contributed by atoms with Crippen molar-refractivity contribution in [3.63, 3.8) is 0 Å².